The number of pyridine rings is 1. The Morgan fingerprint density at radius 1 is 0.967 bits per heavy atom. The van der Waals surface area contributed by atoms with E-state index in [1.54, 1.807) is 0 Å². The second-order valence-electron chi connectivity index (χ2n) is 7.43. The summed E-state index contributed by atoms with van der Waals surface area (Å²) in [5, 5.41) is 8.01. The van der Waals surface area contributed by atoms with E-state index in [9.17, 15) is 0 Å². The molecule has 0 spiro atoms. The van der Waals surface area contributed by atoms with Gasteiger partial charge in [-0.1, -0.05) is 30.3 Å². The number of para-hydroxylation sites is 1. The minimum absolute atomic E-state index is 0.0930. The van der Waals surface area contributed by atoms with Crippen LogP contribution in [0.2, 0.25) is 0 Å². The Morgan fingerprint density at radius 3 is 2.23 bits per heavy atom. The van der Waals surface area contributed by atoms with Crippen LogP contribution in [0.15, 0.2) is 60.7 Å². The summed E-state index contributed by atoms with van der Waals surface area (Å²) in [6, 6.07) is 19.3. The Hall–Kier alpha value is -3.58. The molecule has 5 N–H and O–H groups in total. The molecule has 1 fully saturated rings. The number of nitrogens with one attached hydrogen (secondary N) is 1. The van der Waals surface area contributed by atoms with Crippen LogP contribution in [-0.4, -0.2) is 48.9 Å². The van der Waals surface area contributed by atoms with Gasteiger partial charge in [0.15, 0.2) is 0 Å². The number of nitrogens with zero attached hydrogens (tertiary/aromatic N) is 3. The summed E-state index contributed by atoms with van der Waals surface area (Å²) in [6.07, 6.45) is 0. The zero-order valence-electron chi connectivity index (χ0n) is 17.0. The van der Waals surface area contributed by atoms with E-state index >= 15 is 0 Å². The van der Waals surface area contributed by atoms with E-state index in [0.717, 1.165) is 54.6 Å². The second kappa shape index (κ2) is 8.42. The van der Waals surface area contributed by atoms with Crippen LogP contribution in [0.4, 0.5) is 11.6 Å². The molecule has 7 nitrogen and oxygen atoms in total. The molecule has 0 saturated carbocycles. The van der Waals surface area contributed by atoms with Crippen molar-refractivity contribution in [1.29, 1.82) is 5.41 Å². The predicted molar refractivity (Wildman–Crippen MR) is 121 cm³/mol. The van der Waals surface area contributed by atoms with Gasteiger partial charge in [-0.2, -0.15) is 0 Å². The van der Waals surface area contributed by atoms with Crippen LogP contribution in [0.25, 0.3) is 11.1 Å². The molecule has 154 valence electrons. The zero-order valence-corrected chi connectivity index (χ0v) is 17.0. The van der Waals surface area contributed by atoms with Crippen molar-refractivity contribution < 1.29 is 4.74 Å². The molecule has 30 heavy (non-hydrogen) atoms. The first kappa shape index (κ1) is 19.7. The molecule has 1 aliphatic heterocycles. The number of ether oxygens (including phenoxy) is 1. The SMILES string of the molecule is CN1CCN(c2cc(-c3ccc(Oc4ccccc4)cc3)c(C(=N)N)c(N)n2)CC1. The number of nitrogen functional groups attached to an aromatic ring is 2. The number of nitrogens with two attached hydrogens (primary N) is 2. The lowest BCUT2D eigenvalue weighted by molar-refractivity contribution is 0.312. The molecule has 0 atom stereocenters. The van der Waals surface area contributed by atoms with Crippen LogP contribution in [-0.2, 0) is 0 Å². The quantitative estimate of drug-likeness (QED) is 0.447. The number of anilines is 2. The van der Waals surface area contributed by atoms with Crippen molar-refractivity contribution in [2.45, 2.75) is 0 Å². The summed E-state index contributed by atoms with van der Waals surface area (Å²) in [4.78, 5) is 9.05. The highest BCUT2D eigenvalue weighted by atomic mass is 16.5. The van der Waals surface area contributed by atoms with Crippen LogP contribution in [0.3, 0.4) is 0 Å². The molecule has 4 rings (SSSR count). The summed E-state index contributed by atoms with van der Waals surface area (Å²) >= 11 is 0. The van der Waals surface area contributed by atoms with Gasteiger partial charge in [0, 0.05) is 26.2 Å². The monoisotopic (exact) mass is 402 g/mol. The molecular weight excluding hydrogens is 376 g/mol. The molecule has 0 radical (unpaired) electrons. The van der Waals surface area contributed by atoms with Gasteiger partial charge in [-0.05, 0) is 48.5 Å². The summed E-state index contributed by atoms with van der Waals surface area (Å²) in [5.74, 6) is 2.50. The average molecular weight is 403 g/mol. The fourth-order valence-electron chi connectivity index (χ4n) is 3.59. The van der Waals surface area contributed by atoms with Crippen LogP contribution in [0.1, 0.15) is 5.56 Å². The highest BCUT2D eigenvalue weighted by Crippen LogP contribution is 2.32. The molecule has 7 heteroatoms. The van der Waals surface area contributed by atoms with Crippen molar-refractivity contribution >= 4 is 17.5 Å². The van der Waals surface area contributed by atoms with E-state index in [2.05, 4.69) is 21.8 Å². The van der Waals surface area contributed by atoms with E-state index < -0.39 is 0 Å². The van der Waals surface area contributed by atoms with Gasteiger partial charge < -0.3 is 26.0 Å². The van der Waals surface area contributed by atoms with Crippen molar-refractivity contribution in [3.8, 4) is 22.6 Å². The van der Waals surface area contributed by atoms with Crippen LogP contribution in [0.5, 0.6) is 11.5 Å². The lowest BCUT2D eigenvalue weighted by atomic mass is 9.99. The van der Waals surface area contributed by atoms with Gasteiger partial charge in [-0.15, -0.1) is 0 Å². The standard InChI is InChI=1S/C23H26N6O/c1-28-11-13-29(14-12-28)20-15-19(21(22(24)25)23(26)27-20)16-7-9-18(10-8-16)30-17-5-3-2-4-6-17/h2-10,15H,11-14H2,1H3,(H3,24,25)(H2,26,27). The maximum absolute atomic E-state index is 8.01. The highest BCUT2D eigenvalue weighted by molar-refractivity contribution is 6.06. The maximum Gasteiger partial charge on any atom is 0.137 e. The lowest BCUT2D eigenvalue weighted by Crippen LogP contribution is -2.45. The number of piperazine rings is 1. The molecule has 1 aliphatic rings. The highest BCUT2D eigenvalue weighted by Gasteiger charge is 2.20. The number of likely N-dealkylation sites (N-methyl/N-ethyl adjacent to an activating group) is 1. The van der Waals surface area contributed by atoms with Crippen LogP contribution < -0.4 is 21.1 Å². The minimum atomic E-state index is -0.0930. The molecule has 3 aromatic rings. The van der Waals surface area contributed by atoms with E-state index in [0.29, 0.717) is 5.56 Å². The largest absolute Gasteiger partial charge is 0.457 e. The van der Waals surface area contributed by atoms with E-state index in [4.69, 9.17) is 21.6 Å². The summed E-state index contributed by atoms with van der Waals surface area (Å²) in [7, 11) is 2.11. The molecule has 2 aromatic carbocycles. The number of amidine groups is 1. The molecule has 0 amide bonds. The summed E-state index contributed by atoms with van der Waals surface area (Å²) < 4.78 is 5.88. The van der Waals surface area contributed by atoms with E-state index in [1.165, 1.54) is 0 Å². The third-order valence-corrected chi connectivity index (χ3v) is 5.27. The summed E-state index contributed by atoms with van der Waals surface area (Å²) in [5.41, 5.74) is 14.3. The first-order chi connectivity index (χ1) is 14.5. The van der Waals surface area contributed by atoms with Crippen molar-refractivity contribution in [2.75, 3.05) is 43.9 Å². The first-order valence-corrected chi connectivity index (χ1v) is 9.93. The van der Waals surface area contributed by atoms with Gasteiger partial charge in [0.05, 0.1) is 5.56 Å². The minimum Gasteiger partial charge on any atom is -0.457 e. The van der Waals surface area contributed by atoms with Crippen molar-refractivity contribution in [3.63, 3.8) is 0 Å². The maximum atomic E-state index is 8.01. The smallest absolute Gasteiger partial charge is 0.137 e. The fourth-order valence-corrected chi connectivity index (χ4v) is 3.59. The number of aromatic nitrogens is 1. The predicted octanol–water partition coefficient (Wildman–Crippen LogP) is 3.16. The molecule has 0 aliphatic carbocycles. The zero-order chi connectivity index (χ0) is 21.1. The Morgan fingerprint density at radius 2 is 1.60 bits per heavy atom. The molecule has 2 heterocycles. The number of hydrogen-bond donors (Lipinski definition) is 3. The Kier molecular flexibility index (Phi) is 5.54. The molecular formula is C23H26N6O. The normalized spacial score (nSPS) is 14.5. The lowest BCUT2D eigenvalue weighted by Gasteiger charge is -2.33. The fraction of sp³-hybridized carbons (Fsp3) is 0.217. The van der Waals surface area contributed by atoms with Gasteiger partial charge in [-0.3, -0.25) is 5.41 Å². The third-order valence-electron chi connectivity index (χ3n) is 5.27. The molecule has 1 aromatic heterocycles. The van der Waals surface area contributed by atoms with Crippen molar-refractivity contribution in [3.05, 3.63) is 66.2 Å². The van der Waals surface area contributed by atoms with Crippen molar-refractivity contribution in [2.24, 2.45) is 5.73 Å². The Balaban J connectivity index is 1.67. The Bertz CT molecular complexity index is 1030. The average Bonchev–Trinajstić information content (AvgIpc) is 2.75. The topological polar surface area (TPSA) is 104 Å². The van der Waals surface area contributed by atoms with E-state index in [-0.39, 0.29) is 11.7 Å². The van der Waals surface area contributed by atoms with Gasteiger partial charge in [0.2, 0.25) is 0 Å². The summed E-state index contributed by atoms with van der Waals surface area (Å²) in [6.45, 7) is 3.70. The van der Waals surface area contributed by atoms with Gasteiger partial charge in [0.1, 0.15) is 29.0 Å². The van der Waals surface area contributed by atoms with Gasteiger partial charge >= 0.3 is 0 Å². The third kappa shape index (κ3) is 4.21. The molecule has 1 saturated heterocycles. The molecule has 0 bridgehead atoms. The van der Waals surface area contributed by atoms with Gasteiger partial charge in [0.25, 0.3) is 0 Å². The second-order valence-corrected chi connectivity index (χ2v) is 7.43. The number of benzene rings is 2. The molecule has 0 unspecified atom stereocenters. The van der Waals surface area contributed by atoms with Crippen LogP contribution >= 0.6 is 0 Å². The van der Waals surface area contributed by atoms with Crippen molar-refractivity contribution in [1.82, 2.24) is 9.88 Å². The number of rotatable bonds is 5. The van der Waals surface area contributed by atoms with Gasteiger partial charge in [-0.25, -0.2) is 4.98 Å². The number of hydrogen-bond acceptors (Lipinski definition) is 6. The Labute approximate surface area is 176 Å². The van der Waals surface area contributed by atoms with E-state index in [1.807, 2.05) is 60.7 Å². The van der Waals surface area contributed by atoms with Crippen LogP contribution in [0, 0.1) is 5.41 Å². The first-order valence-electron chi connectivity index (χ1n) is 9.93.